The molecule has 0 saturated heterocycles. The lowest BCUT2D eigenvalue weighted by Gasteiger charge is -2.27. The third-order valence-electron chi connectivity index (χ3n) is 4.47. The van der Waals surface area contributed by atoms with E-state index in [1.165, 1.54) is 12.8 Å². The zero-order valence-corrected chi connectivity index (χ0v) is 13.3. The summed E-state index contributed by atoms with van der Waals surface area (Å²) < 4.78 is 6.31. The number of hydrogen-bond donors (Lipinski definition) is 1. The highest BCUT2D eigenvalue weighted by Crippen LogP contribution is 2.37. The lowest BCUT2D eigenvalue weighted by molar-refractivity contribution is 0.0879. The molecule has 1 aliphatic rings. The fraction of sp³-hybridized carbons (Fsp3) is 0.421. The van der Waals surface area contributed by atoms with E-state index in [1.807, 2.05) is 43.3 Å². The summed E-state index contributed by atoms with van der Waals surface area (Å²) in [5, 5.41) is 4.93. The van der Waals surface area contributed by atoms with E-state index in [4.69, 9.17) is 4.74 Å². The van der Waals surface area contributed by atoms with Gasteiger partial charge in [-0.1, -0.05) is 30.3 Å². The molecule has 1 saturated carbocycles. The molecule has 1 fully saturated rings. The lowest BCUT2D eigenvalue weighted by atomic mass is 10.0. The second-order valence-corrected chi connectivity index (χ2v) is 6.28. The van der Waals surface area contributed by atoms with Gasteiger partial charge in [-0.05, 0) is 56.4 Å². The van der Waals surface area contributed by atoms with E-state index in [2.05, 4.69) is 12.2 Å². The lowest BCUT2D eigenvalue weighted by Crippen LogP contribution is -2.30. The molecular weight excluding hydrogens is 274 g/mol. The molecule has 0 spiro atoms. The molecule has 116 valence electrons. The number of carbonyl (C=O) groups is 1. The Morgan fingerprint density at radius 1 is 1.18 bits per heavy atom. The van der Waals surface area contributed by atoms with Gasteiger partial charge in [0, 0.05) is 6.54 Å². The minimum Gasteiger partial charge on any atom is -0.487 e. The number of benzene rings is 2. The SMILES string of the molecule is CCNC(=O)c1c(OC2(C)CCCC2)ccc2ccccc12. The number of nitrogens with one attached hydrogen (secondary N) is 1. The number of hydrogen-bond acceptors (Lipinski definition) is 2. The van der Waals surface area contributed by atoms with Crippen molar-refractivity contribution in [3.8, 4) is 5.75 Å². The maximum atomic E-state index is 12.6. The Kier molecular flexibility index (Phi) is 4.06. The number of rotatable bonds is 4. The Bertz CT molecular complexity index is 687. The van der Waals surface area contributed by atoms with Gasteiger partial charge >= 0.3 is 0 Å². The van der Waals surface area contributed by atoms with Crippen LogP contribution in [0.2, 0.25) is 0 Å². The molecule has 0 radical (unpaired) electrons. The normalized spacial score (nSPS) is 16.6. The van der Waals surface area contributed by atoms with Crippen LogP contribution in [0.15, 0.2) is 36.4 Å². The van der Waals surface area contributed by atoms with E-state index in [0.29, 0.717) is 17.9 Å². The summed E-state index contributed by atoms with van der Waals surface area (Å²) in [4.78, 5) is 12.6. The van der Waals surface area contributed by atoms with Crippen molar-refractivity contribution in [3.05, 3.63) is 42.0 Å². The summed E-state index contributed by atoms with van der Waals surface area (Å²) in [5.41, 5.74) is 0.511. The maximum Gasteiger partial charge on any atom is 0.255 e. The van der Waals surface area contributed by atoms with Crippen molar-refractivity contribution in [3.63, 3.8) is 0 Å². The topological polar surface area (TPSA) is 38.3 Å². The second kappa shape index (κ2) is 5.99. The van der Waals surface area contributed by atoms with Crippen molar-refractivity contribution in [1.29, 1.82) is 0 Å². The van der Waals surface area contributed by atoms with Gasteiger partial charge in [0.2, 0.25) is 0 Å². The Balaban J connectivity index is 2.08. The van der Waals surface area contributed by atoms with Crippen LogP contribution in [0.3, 0.4) is 0 Å². The summed E-state index contributed by atoms with van der Waals surface area (Å²) in [5.74, 6) is 0.643. The molecule has 0 unspecified atom stereocenters. The molecule has 0 aromatic heterocycles. The summed E-state index contributed by atoms with van der Waals surface area (Å²) >= 11 is 0. The van der Waals surface area contributed by atoms with E-state index in [-0.39, 0.29) is 11.5 Å². The van der Waals surface area contributed by atoms with Crippen LogP contribution in [0.5, 0.6) is 5.75 Å². The van der Waals surface area contributed by atoms with Gasteiger partial charge < -0.3 is 10.1 Å². The zero-order chi connectivity index (χ0) is 15.6. The predicted molar refractivity (Wildman–Crippen MR) is 89.5 cm³/mol. The van der Waals surface area contributed by atoms with Crippen molar-refractivity contribution in [2.75, 3.05) is 6.54 Å². The highest BCUT2D eigenvalue weighted by atomic mass is 16.5. The Morgan fingerprint density at radius 3 is 2.64 bits per heavy atom. The molecule has 0 aliphatic heterocycles. The van der Waals surface area contributed by atoms with Gasteiger partial charge in [0.15, 0.2) is 0 Å². The van der Waals surface area contributed by atoms with Gasteiger partial charge in [-0.3, -0.25) is 4.79 Å². The standard InChI is InChI=1S/C19H23NO2/c1-3-20-18(21)17-15-9-5-4-8-14(15)10-11-16(17)22-19(2)12-6-7-13-19/h4-5,8-11H,3,6-7,12-13H2,1-2H3,(H,20,21). The van der Waals surface area contributed by atoms with Crippen molar-refractivity contribution >= 4 is 16.7 Å². The average Bonchev–Trinajstić information content (AvgIpc) is 2.93. The van der Waals surface area contributed by atoms with Crippen LogP contribution < -0.4 is 10.1 Å². The minimum absolute atomic E-state index is 0.0594. The Labute approximate surface area is 131 Å². The monoisotopic (exact) mass is 297 g/mol. The molecule has 3 heteroatoms. The van der Waals surface area contributed by atoms with Gasteiger partial charge in [-0.25, -0.2) is 0 Å². The molecule has 3 nitrogen and oxygen atoms in total. The maximum absolute atomic E-state index is 12.6. The molecular formula is C19H23NO2. The first-order chi connectivity index (χ1) is 10.6. The quantitative estimate of drug-likeness (QED) is 0.913. The fourth-order valence-electron chi connectivity index (χ4n) is 3.31. The van der Waals surface area contributed by atoms with Gasteiger partial charge in [0.1, 0.15) is 11.4 Å². The van der Waals surface area contributed by atoms with E-state index in [9.17, 15) is 4.79 Å². The molecule has 3 rings (SSSR count). The highest BCUT2D eigenvalue weighted by molar-refractivity contribution is 6.09. The minimum atomic E-state index is -0.149. The zero-order valence-electron chi connectivity index (χ0n) is 13.3. The molecule has 2 aromatic rings. The third kappa shape index (κ3) is 2.80. The van der Waals surface area contributed by atoms with Gasteiger partial charge in [-0.15, -0.1) is 0 Å². The van der Waals surface area contributed by atoms with Crippen molar-refractivity contribution in [2.24, 2.45) is 0 Å². The van der Waals surface area contributed by atoms with Crippen molar-refractivity contribution < 1.29 is 9.53 Å². The van der Waals surface area contributed by atoms with Gasteiger partial charge in [0.05, 0.1) is 5.56 Å². The molecule has 1 aliphatic carbocycles. The number of carbonyl (C=O) groups excluding carboxylic acids is 1. The van der Waals surface area contributed by atoms with Crippen molar-refractivity contribution in [1.82, 2.24) is 5.32 Å². The van der Waals surface area contributed by atoms with E-state index in [1.54, 1.807) is 0 Å². The van der Waals surface area contributed by atoms with Gasteiger partial charge in [0.25, 0.3) is 5.91 Å². The first-order valence-corrected chi connectivity index (χ1v) is 8.12. The fourth-order valence-corrected chi connectivity index (χ4v) is 3.31. The average molecular weight is 297 g/mol. The number of fused-ring (bicyclic) bond motifs is 1. The first-order valence-electron chi connectivity index (χ1n) is 8.12. The van der Waals surface area contributed by atoms with Crippen LogP contribution >= 0.6 is 0 Å². The smallest absolute Gasteiger partial charge is 0.255 e. The highest BCUT2D eigenvalue weighted by Gasteiger charge is 2.32. The molecule has 1 N–H and O–H groups in total. The molecule has 0 bridgehead atoms. The molecule has 0 atom stereocenters. The molecule has 22 heavy (non-hydrogen) atoms. The summed E-state index contributed by atoms with van der Waals surface area (Å²) in [6, 6.07) is 11.9. The van der Waals surface area contributed by atoms with Crippen LogP contribution in [-0.2, 0) is 0 Å². The second-order valence-electron chi connectivity index (χ2n) is 6.28. The van der Waals surface area contributed by atoms with Crippen LogP contribution in [0.25, 0.3) is 10.8 Å². The van der Waals surface area contributed by atoms with Crippen LogP contribution in [-0.4, -0.2) is 18.1 Å². The third-order valence-corrected chi connectivity index (χ3v) is 4.47. The van der Waals surface area contributed by atoms with Crippen LogP contribution in [0.4, 0.5) is 0 Å². The van der Waals surface area contributed by atoms with E-state index in [0.717, 1.165) is 23.6 Å². The first kappa shape index (κ1) is 14.9. The van der Waals surface area contributed by atoms with E-state index < -0.39 is 0 Å². The number of ether oxygens (including phenoxy) is 1. The summed E-state index contributed by atoms with van der Waals surface area (Å²) in [6.07, 6.45) is 4.49. The van der Waals surface area contributed by atoms with Crippen molar-refractivity contribution in [2.45, 2.75) is 45.1 Å². The summed E-state index contributed by atoms with van der Waals surface area (Å²) in [6.45, 7) is 4.69. The summed E-state index contributed by atoms with van der Waals surface area (Å²) in [7, 11) is 0. The molecule has 2 aromatic carbocycles. The van der Waals surface area contributed by atoms with Crippen LogP contribution in [0.1, 0.15) is 49.9 Å². The van der Waals surface area contributed by atoms with Gasteiger partial charge in [-0.2, -0.15) is 0 Å². The molecule has 1 amide bonds. The van der Waals surface area contributed by atoms with E-state index >= 15 is 0 Å². The van der Waals surface area contributed by atoms with Crippen LogP contribution in [0, 0.1) is 0 Å². The predicted octanol–water partition coefficient (Wildman–Crippen LogP) is 4.30. The Hall–Kier alpha value is -2.03. The molecule has 0 heterocycles. The largest absolute Gasteiger partial charge is 0.487 e. The number of amides is 1. The Morgan fingerprint density at radius 2 is 1.91 bits per heavy atom.